The molecule has 0 radical (unpaired) electrons. The smallest absolute Gasteiger partial charge is 0.312 e. The minimum absolute atomic E-state index is 0.00422. The van der Waals surface area contributed by atoms with Crippen molar-refractivity contribution >= 4 is 38.4 Å². The summed E-state index contributed by atoms with van der Waals surface area (Å²) in [6.45, 7) is 10.8. The number of anilines is 2. The largest absolute Gasteiger partial charge is 0.499 e. The van der Waals surface area contributed by atoms with Crippen molar-refractivity contribution in [3.05, 3.63) is 70.7 Å². The van der Waals surface area contributed by atoms with Crippen molar-refractivity contribution in [1.29, 1.82) is 0 Å². The fraction of sp³-hybridized carbons (Fsp3) is 0.333. The highest BCUT2D eigenvalue weighted by Crippen LogP contribution is 2.38. The number of halogens is 1. The summed E-state index contributed by atoms with van der Waals surface area (Å²) in [5.74, 6) is 0.00163. The third-order valence-corrected chi connectivity index (χ3v) is 7.42. The number of aliphatic imine (C=N–C) groups is 1. The molecule has 0 spiro atoms. The highest BCUT2D eigenvalue weighted by Gasteiger charge is 2.23. The van der Waals surface area contributed by atoms with Gasteiger partial charge in [-0.15, -0.1) is 4.98 Å². The van der Waals surface area contributed by atoms with Crippen LogP contribution in [0.15, 0.2) is 46.3 Å². The van der Waals surface area contributed by atoms with E-state index in [4.69, 9.17) is 21.0 Å². The van der Waals surface area contributed by atoms with Crippen LogP contribution in [0.5, 0.6) is 5.75 Å². The van der Waals surface area contributed by atoms with E-state index in [0.29, 0.717) is 54.6 Å². The van der Waals surface area contributed by atoms with E-state index in [-0.39, 0.29) is 22.5 Å². The molecule has 0 atom stereocenters. The number of nitrogens with zero attached hydrogens (tertiary/aromatic N) is 4. The first-order valence-corrected chi connectivity index (χ1v) is 14.0. The number of hydrogen-bond acceptors (Lipinski definition) is 8. The van der Waals surface area contributed by atoms with Crippen LogP contribution in [0.25, 0.3) is 4.85 Å². The first kappa shape index (κ1) is 25.8. The van der Waals surface area contributed by atoms with E-state index in [0.717, 1.165) is 36.6 Å². The Morgan fingerprint density at radius 2 is 1.92 bits per heavy atom. The topological polar surface area (TPSA) is 107 Å². The van der Waals surface area contributed by atoms with Gasteiger partial charge in [0, 0.05) is 31.2 Å². The van der Waals surface area contributed by atoms with Crippen molar-refractivity contribution < 1.29 is 22.3 Å². The van der Waals surface area contributed by atoms with Gasteiger partial charge in [0.2, 0.25) is 0 Å². The molecule has 2 aliphatic rings. The summed E-state index contributed by atoms with van der Waals surface area (Å²) < 4.78 is 49.9. The summed E-state index contributed by atoms with van der Waals surface area (Å²) in [5.41, 5.74) is 4.35. The van der Waals surface area contributed by atoms with Gasteiger partial charge in [0.1, 0.15) is 29.1 Å². The van der Waals surface area contributed by atoms with Crippen molar-refractivity contribution in [2.75, 3.05) is 24.8 Å². The van der Waals surface area contributed by atoms with Gasteiger partial charge in [0.25, 0.3) is 0 Å². The van der Waals surface area contributed by atoms with Crippen LogP contribution in [0.1, 0.15) is 36.8 Å². The van der Waals surface area contributed by atoms with Crippen LogP contribution in [0.4, 0.5) is 27.3 Å². The molecule has 1 N–H and O–H groups in total. The highest BCUT2D eigenvalue weighted by molar-refractivity contribution is 7.90. The predicted molar refractivity (Wildman–Crippen MR) is 141 cm³/mol. The van der Waals surface area contributed by atoms with Gasteiger partial charge in [-0.25, -0.2) is 12.8 Å². The van der Waals surface area contributed by atoms with Crippen molar-refractivity contribution in [1.82, 2.24) is 9.97 Å². The van der Waals surface area contributed by atoms with Crippen LogP contribution in [0.2, 0.25) is 0 Å². The van der Waals surface area contributed by atoms with E-state index in [1.165, 1.54) is 12.1 Å². The quantitative estimate of drug-likeness (QED) is 0.419. The number of benzene rings is 1. The van der Waals surface area contributed by atoms with E-state index in [2.05, 4.69) is 20.1 Å². The van der Waals surface area contributed by atoms with Crippen molar-refractivity contribution in [2.24, 2.45) is 4.99 Å². The van der Waals surface area contributed by atoms with Crippen molar-refractivity contribution in [3.63, 3.8) is 0 Å². The van der Waals surface area contributed by atoms with Gasteiger partial charge >= 0.3 is 5.82 Å². The lowest BCUT2D eigenvalue weighted by molar-refractivity contribution is 0.0258. The van der Waals surface area contributed by atoms with Gasteiger partial charge < -0.3 is 19.6 Å². The molecule has 0 saturated carbocycles. The Hall–Kier alpha value is -3.88. The average molecular weight is 536 g/mol. The molecule has 196 valence electrons. The lowest BCUT2D eigenvalue weighted by Gasteiger charge is -2.23. The molecule has 0 unspecified atom stereocenters. The number of fused-ring (bicyclic) bond motifs is 1. The lowest BCUT2D eigenvalue weighted by Crippen LogP contribution is -2.25. The zero-order chi connectivity index (χ0) is 26.9. The molecule has 1 aromatic carbocycles. The Bertz CT molecular complexity index is 1580. The van der Waals surface area contributed by atoms with Gasteiger partial charge in [0.05, 0.1) is 47.3 Å². The minimum atomic E-state index is -3.69. The van der Waals surface area contributed by atoms with Gasteiger partial charge in [-0.1, -0.05) is 6.57 Å². The molecule has 0 bridgehead atoms. The molecule has 11 heteroatoms. The Kier molecular flexibility index (Phi) is 7.10. The maximum absolute atomic E-state index is 13.8. The monoisotopic (exact) mass is 535 g/mol. The zero-order valence-electron chi connectivity index (χ0n) is 21.0. The molecule has 2 aliphatic heterocycles. The highest BCUT2D eigenvalue weighted by atomic mass is 32.2. The first-order valence-electron chi connectivity index (χ1n) is 12.1. The van der Waals surface area contributed by atoms with Gasteiger partial charge in [-0.3, -0.25) is 9.98 Å². The van der Waals surface area contributed by atoms with Crippen LogP contribution in [-0.2, 0) is 27.4 Å². The fourth-order valence-electron chi connectivity index (χ4n) is 4.51. The molecule has 38 heavy (non-hydrogen) atoms. The number of pyridine rings is 2. The summed E-state index contributed by atoms with van der Waals surface area (Å²) >= 11 is 0. The Labute approximate surface area is 220 Å². The van der Waals surface area contributed by atoms with E-state index in [9.17, 15) is 12.8 Å². The average Bonchev–Trinajstić information content (AvgIpc) is 3.26. The third kappa shape index (κ3) is 5.66. The number of nitrogens with one attached hydrogen (secondary N) is 1. The molecular weight excluding hydrogens is 509 g/mol. The van der Waals surface area contributed by atoms with E-state index < -0.39 is 15.7 Å². The fourth-order valence-corrected chi connectivity index (χ4v) is 5.36. The minimum Gasteiger partial charge on any atom is -0.499 e. The molecule has 0 aliphatic carbocycles. The van der Waals surface area contributed by atoms with Crippen molar-refractivity contribution in [2.45, 2.75) is 43.6 Å². The van der Waals surface area contributed by atoms with Gasteiger partial charge in [0.15, 0.2) is 9.84 Å². The number of rotatable bonds is 7. The Morgan fingerprint density at radius 3 is 2.66 bits per heavy atom. The number of hydrogen-bond donors (Lipinski definition) is 1. The summed E-state index contributed by atoms with van der Waals surface area (Å²) in [7, 11) is -3.69. The predicted octanol–water partition coefficient (Wildman–Crippen LogP) is 5.11. The molecule has 0 amide bonds. The number of aromatic nitrogens is 2. The standard InChI is InChI=1S/C27H26FN5O4S/c1-16-12-22-26(30-16)23(33-21-6-4-17(28)13-25(21)38(3,34)35)15-19(31-22)14-18-5-7-24(27(29-2)32-18)37-20-8-10-36-11-9-20/h4-7,13,15,20H,8-12,14H2,1,3H3,(H,31,33). The van der Waals surface area contributed by atoms with Crippen LogP contribution < -0.4 is 10.1 Å². The summed E-state index contributed by atoms with van der Waals surface area (Å²) in [4.78, 5) is 17.3. The second-order valence-electron chi connectivity index (χ2n) is 9.36. The summed E-state index contributed by atoms with van der Waals surface area (Å²) in [6, 6.07) is 8.95. The molecule has 9 nitrogen and oxygen atoms in total. The molecule has 5 rings (SSSR count). The SMILES string of the molecule is [C-]#[N+]c1nc(Cc2cc(Nc3ccc(F)cc3S(C)(=O)=O)c3c(n2)CC(C)=N3)ccc1OC1CCOCC1. The van der Waals surface area contributed by atoms with E-state index in [1.54, 1.807) is 12.1 Å². The lowest BCUT2D eigenvalue weighted by atomic mass is 10.1. The summed E-state index contributed by atoms with van der Waals surface area (Å²) in [5, 5.41) is 3.14. The maximum Gasteiger partial charge on any atom is 0.312 e. The molecule has 1 saturated heterocycles. The Balaban J connectivity index is 1.45. The second-order valence-corrected chi connectivity index (χ2v) is 11.3. The van der Waals surface area contributed by atoms with Crippen LogP contribution in [0.3, 0.4) is 0 Å². The van der Waals surface area contributed by atoms with Gasteiger partial charge in [-0.05, 0) is 43.3 Å². The van der Waals surface area contributed by atoms with Crippen LogP contribution >= 0.6 is 0 Å². The first-order chi connectivity index (χ1) is 18.2. The number of sulfone groups is 1. The number of ether oxygens (including phenoxy) is 2. The normalized spacial score (nSPS) is 15.5. The van der Waals surface area contributed by atoms with Crippen LogP contribution in [-0.4, -0.2) is 49.7 Å². The van der Waals surface area contributed by atoms with Crippen LogP contribution in [0, 0.1) is 12.4 Å². The molecular formula is C27H26FN5O4S. The molecule has 1 fully saturated rings. The molecule has 2 aromatic heterocycles. The van der Waals surface area contributed by atoms with E-state index >= 15 is 0 Å². The Morgan fingerprint density at radius 1 is 1.13 bits per heavy atom. The van der Waals surface area contributed by atoms with Gasteiger partial charge in [-0.2, -0.15) is 0 Å². The maximum atomic E-state index is 13.8. The second kappa shape index (κ2) is 10.5. The van der Waals surface area contributed by atoms with E-state index in [1.807, 2.05) is 13.0 Å². The van der Waals surface area contributed by atoms with Crippen molar-refractivity contribution in [3.8, 4) is 5.75 Å². The third-order valence-electron chi connectivity index (χ3n) is 6.28. The zero-order valence-corrected chi connectivity index (χ0v) is 21.8. The summed E-state index contributed by atoms with van der Waals surface area (Å²) in [6.07, 6.45) is 3.46. The molecule has 3 aromatic rings. The molecule has 4 heterocycles.